The highest BCUT2D eigenvalue weighted by Gasteiger charge is 2.42. The van der Waals surface area contributed by atoms with Gasteiger partial charge in [0.1, 0.15) is 6.23 Å². The van der Waals surface area contributed by atoms with E-state index >= 15 is 0 Å². The summed E-state index contributed by atoms with van der Waals surface area (Å²) in [6.07, 6.45) is 5.85. The summed E-state index contributed by atoms with van der Waals surface area (Å²) in [6.45, 7) is 3.48. The van der Waals surface area contributed by atoms with Gasteiger partial charge in [-0.3, -0.25) is 5.32 Å². The van der Waals surface area contributed by atoms with Crippen LogP contribution >= 0.6 is 11.8 Å². The van der Waals surface area contributed by atoms with E-state index < -0.39 is 0 Å². The Hall–Kier alpha value is 0.230. The lowest BCUT2D eigenvalue weighted by atomic mass is 9.92. The van der Waals surface area contributed by atoms with Crippen LogP contribution in [0.2, 0.25) is 0 Å². The Kier molecular flexibility index (Phi) is 2.71. The summed E-state index contributed by atoms with van der Waals surface area (Å²) >= 11 is 2.19. The Morgan fingerprint density at radius 1 is 1.33 bits per heavy atom. The molecule has 3 aliphatic heterocycles. The van der Waals surface area contributed by atoms with Crippen molar-refractivity contribution in [3.63, 3.8) is 0 Å². The van der Waals surface area contributed by atoms with Gasteiger partial charge in [0.05, 0.1) is 12.0 Å². The molecule has 15 heavy (non-hydrogen) atoms. The number of hydrogen-bond donors (Lipinski definition) is 1. The lowest BCUT2D eigenvalue weighted by Gasteiger charge is -2.37. The van der Waals surface area contributed by atoms with Crippen molar-refractivity contribution < 1.29 is 4.74 Å². The van der Waals surface area contributed by atoms with Crippen molar-refractivity contribution in [3.8, 4) is 0 Å². The molecule has 0 aromatic heterocycles. The molecule has 2 unspecified atom stereocenters. The van der Waals surface area contributed by atoms with Gasteiger partial charge in [-0.1, -0.05) is 0 Å². The Morgan fingerprint density at radius 3 is 2.73 bits per heavy atom. The van der Waals surface area contributed by atoms with Crippen LogP contribution < -0.4 is 5.32 Å². The summed E-state index contributed by atoms with van der Waals surface area (Å²) in [5, 5.41) is 4.22. The standard InChI is InChI=1S/C11H20N2OS/c1-13-6-4-11(5-7-13)3-2-10(15-11)12-9-8-14-9/h9-10,12H,2-8H2,1H3. The number of nitrogens with one attached hydrogen (secondary N) is 1. The van der Waals surface area contributed by atoms with E-state index in [4.69, 9.17) is 4.74 Å². The molecule has 0 aromatic rings. The Bertz CT molecular complexity index is 237. The molecule has 0 aliphatic carbocycles. The maximum Gasteiger partial charge on any atom is 0.132 e. The number of epoxide rings is 1. The van der Waals surface area contributed by atoms with Crippen LogP contribution in [0, 0.1) is 0 Å². The number of thioether (sulfide) groups is 1. The predicted molar refractivity (Wildman–Crippen MR) is 63.0 cm³/mol. The van der Waals surface area contributed by atoms with Crippen molar-refractivity contribution in [1.82, 2.24) is 10.2 Å². The average Bonchev–Trinajstić information content (AvgIpc) is 2.95. The number of piperidine rings is 1. The summed E-state index contributed by atoms with van der Waals surface area (Å²) in [7, 11) is 2.24. The first kappa shape index (κ1) is 10.4. The van der Waals surface area contributed by atoms with Gasteiger partial charge < -0.3 is 9.64 Å². The average molecular weight is 228 g/mol. The molecule has 0 aromatic carbocycles. The maximum atomic E-state index is 5.23. The minimum atomic E-state index is 0.379. The first-order chi connectivity index (χ1) is 7.26. The number of hydrogen-bond acceptors (Lipinski definition) is 4. The molecule has 1 spiro atoms. The van der Waals surface area contributed by atoms with E-state index in [2.05, 4.69) is 29.0 Å². The van der Waals surface area contributed by atoms with Gasteiger partial charge >= 0.3 is 0 Å². The molecule has 3 nitrogen and oxygen atoms in total. The number of nitrogens with zero attached hydrogens (tertiary/aromatic N) is 1. The molecule has 3 saturated heterocycles. The lowest BCUT2D eigenvalue weighted by Crippen LogP contribution is -2.39. The van der Waals surface area contributed by atoms with Crippen molar-refractivity contribution in [2.45, 2.75) is 42.0 Å². The van der Waals surface area contributed by atoms with E-state index in [9.17, 15) is 0 Å². The zero-order chi connectivity index (χ0) is 10.3. The monoisotopic (exact) mass is 228 g/mol. The van der Waals surface area contributed by atoms with Crippen LogP contribution in [0.15, 0.2) is 0 Å². The van der Waals surface area contributed by atoms with Crippen LogP contribution in [0.3, 0.4) is 0 Å². The second-order valence-corrected chi connectivity index (χ2v) is 6.79. The minimum absolute atomic E-state index is 0.379. The van der Waals surface area contributed by atoms with Gasteiger partial charge in [-0.2, -0.15) is 0 Å². The smallest absolute Gasteiger partial charge is 0.132 e. The molecule has 0 amide bonds. The quantitative estimate of drug-likeness (QED) is 0.720. The van der Waals surface area contributed by atoms with E-state index in [1.165, 1.54) is 38.8 Å². The second-order valence-electron chi connectivity index (χ2n) is 5.12. The zero-order valence-corrected chi connectivity index (χ0v) is 10.2. The highest BCUT2D eigenvalue weighted by molar-refractivity contribution is 8.01. The second kappa shape index (κ2) is 3.91. The molecule has 1 N–H and O–H groups in total. The van der Waals surface area contributed by atoms with Gasteiger partial charge in [0.25, 0.3) is 0 Å². The van der Waals surface area contributed by atoms with Crippen molar-refractivity contribution in [1.29, 1.82) is 0 Å². The van der Waals surface area contributed by atoms with Crippen LogP contribution in [-0.2, 0) is 4.74 Å². The Morgan fingerprint density at radius 2 is 2.07 bits per heavy atom. The molecule has 3 rings (SSSR count). The molecular formula is C11H20N2OS. The van der Waals surface area contributed by atoms with Gasteiger partial charge in [-0.15, -0.1) is 11.8 Å². The first-order valence-electron chi connectivity index (χ1n) is 6.00. The minimum Gasteiger partial charge on any atom is -0.357 e. The van der Waals surface area contributed by atoms with Gasteiger partial charge in [0, 0.05) is 4.75 Å². The molecule has 2 atom stereocenters. The molecule has 3 heterocycles. The molecule has 3 aliphatic rings. The fourth-order valence-corrected chi connectivity index (χ4v) is 4.39. The number of ether oxygens (including phenoxy) is 1. The van der Waals surface area contributed by atoms with Crippen molar-refractivity contribution >= 4 is 11.8 Å². The SMILES string of the molecule is CN1CCC2(CCC(NC3CO3)S2)CC1. The topological polar surface area (TPSA) is 27.8 Å². The summed E-state index contributed by atoms with van der Waals surface area (Å²) < 4.78 is 5.83. The van der Waals surface area contributed by atoms with Crippen LogP contribution in [0.5, 0.6) is 0 Å². The van der Waals surface area contributed by atoms with E-state index in [0.717, 1.165) is 6.61 Å². The molecule has 0 radical (unpaired) electrons. The fourth-order valence-electron chi connectivity index (χ4n) is 2.68. The van der Waals surface area contributed by atoms with Crippen molar-refractivity contribution in [3.05, 3.63) is 0 Å². The highest BCUT2D eigenvalue weighted by Crippen LogP contribution is 2.48. The molecular weight excluding hydrogens is 208 g/mol. The van der Waals surface area contributed by atoms with E-state index in [1.807, 2.05) is 0 Å². The van der Waals surface area contributed by atoms with Gasteiger partial charge in [-0.25, -0.2) is 0 Å². The van der Waals surface area contributed by atoms with Crippen LogP contribution in [0.25, 0.3) is 0 Å². The first-order valence-corrected chi connectivity index (χ1v) is 6.88. The molecule has 4 heteroatoms. The Balaban J connectivity index is 1.54. The lowest BCUT2D eigenvalue weighted by molar-refractivity contribution is 0.235. The predicted octanol–water partition coefficient (Wildman–Crippen LogP) is 1.25. The fraction of sp³-hybridized carbons (Fsp3) is 1.00. The molecule has 0 saturated carbocycles. The summed E-state index contributed by atoms with van der Waals surface area (Å²) in [4.78, 5) is 2.45. The molecule has 0 bridgehead atoms. The van der Waals surface area contributed by atoms with Gasteiger partial charge in [-0.05, 0) is 45.8 Å². The van der Waals surface area contributed by atoms with E-state index in [1.54, 1.807) is 0 Å². The molecule has 86 valence electrons. The summed E-state index contributed by atoms with van der Waals surface area (Å²) in [5.41, 5.74) is 0. The van der Waals surface area contributed by atoms with Crippen molar-refractivity contribution in [2.24, 2.45) is 0 Å². The summed E-state index contributed by atoms with van der Waals surface area (Å²) in [6, 6.07) is 0. The summed E-state index contributed by atoms with van der Waals surface area (Å²) in [5.74, 6) is 0. The van der Waals surface area contributed by atoms with Gasteiger partial charge in [0.15, 0.2) is 0 Å². The third-order valence-corrected chi connectivity index (χ3v) is 5.63. The highest BCUT2D eigenvalue weighted by atomic mass is 32.2. The normalized spacial score (nSPS) is 39.8. The third kappa shape index (κ3) is 2.33. The van der Waals surface area contributed by atoms with E-state index in [-0.39, 0.29) is 0 Å². The van der Waals surface area contributed by atoms with Crippen molar-refractivity contribution in [2.75, 3.05) is 26.7 Å². The third-order valence-electron chi connectivity index (χ3n) is 3.86. The maximum absolute atomic E-state index is 5.23. The molecule has 3 fully saturated rings. The number of likely N-dealkylation sites (tertiary alicyclic amines) is 1. The van der Waals surface area contributed by atoms with Gasteiger partial charge in [0.2, 0.25) is 0 Å². The zero-order valence-electron chi connectivity index (χ0n) is 9.37. The van der Waals surface area contributed by atoms with Crippen LogP contribution in [-0.4, -0.2) is 48.0 Å². The van der Waals surface area contributed by atoms with Crippen LogP contribution in [0.4, 0.5) is 0 Å². The van der Waals surface area contributed by atoms with E-state index in [0.29, 0.717) is 16.3 Å². The largest absolute Gasteiger partial charge is 0.357 e. The van der Waals surface area contributed by atoms with Crippen LogP contribution in [0.1, 0.15) is 25.7 Å². The Labute approximate surface area is 95.9 Å². The number of rotatable bonds is 2.